The summed E-state index contributed by atoms with van der Waals surface area (Å²) in [7, 11) is 0. The van der Waals surface area contributed by atoms with E-state index in [1.165, 1.54) is 40.0 Å². The number of amides is 1. The van der Waals surface area contributed by atoms with Gasteiger partial charge in [-0.3, -0.25) is 4.79 Å². The minimum absolute atomic E-state index is 0.161. The van der Waals surface area contributed by atoms with Crippen LogP contribution in [-0.2, 0) is 12.8 Å². The molecule has 140 valence electrons. The second kappa shape index (κ2) is 6.87. The minimum atomic E-state index is 0.161. The molecule has 5 nitrogen and oxygen atoms in total. The van der Waals surface area contributed by atoms with Gasteiger partial charge in [-0.2, -0.15) is 0 Å². The Balaban J connectivity index is 1.38. The quantitative estimate of drug-likeness (QED) is 0.657. The number of hydrogen-bond donors (Lipinski definition) is 0. The van der Waals surface area contributed by atoms with E-state index >= 15 is 0 Å². The predicted molar refractivity (Wildman–Crippen MR) is 111 cm³/mol. The van der Waals surface area contributed by atoms with Crippen molar-refractivity contribution in [2.75, 3.05) is 31.1 Å². The SMILES string of the molecule is Cc1ccc(C(=O)N2CCN(c3ncnc4sc5c(c34)CCCC5)CC2)s1. The van der Waals surface area contributed by atoms with Crippen molar-refractivity contribution < 1.29 is 4.79 Å². The van der Waals surface area contributed by atoms with Gasteiger partial charge in [0.1, 0.15) is 17.0 Å². The van der Waals surface area contributed by atoms with Gasteiger partial charge in [-0.05, 0) is 50.3 Å². The molecule has 1 aliphatic carbocycles. The maximum atomic E-state index is 12.7. The average Bonchev–Trinajstić information content (AvgIpc) is 3.31. The summed E-state index contributed by atoms with van der Waals surface area (Å²) in [5.41, 5.74) is 1.48. The minimum Gasteiger partial charge on any atom is -0.352 e. The van der Waals surface area contributed by atoms with E-state index in [1.807, 2.05) is 35.3 Å². The van der Waals surface area contributed by atoms with Crippen molar-refractivity contribution in [3.8, 4) is 0 Å². The molecule has 3 aromatic heterocycles. The topological polar surface area (TPSA) is 49.3 Å². The van der Waals surface area contributed by atoms with Gasteiger partial charge < -0.3 is 9.80 Å². The third-order valence-corrected chi connectivity index (χ3v) is 7.74. The molecule has 0 saturated carbocycles. The van der Waals surface area contributed by atoms with E-state index < -0.39 is 0 Å². The molecule has 0 radical (unpaired) electrons. The largest absolute Gasteiger partial charge is 0.352 e. The Morgan fingerprint density at radius 3 is 2.63 bits per heavy atom. The fourth-order valence-corrected chi connectivity index (χ4v) is 6.20. The van der Waals surface area contributed by atoms with Crippen LogP contribution < -0.4 is 4.90 Å². The van der Waals surface area contributed by atoms with Crippen LogP contribution in [0.4, 0.5) is 5.82 Å². The second-order valence-corrected chi connectivity index (χ2v) is 9.65. The molecular weight excluding hydrogens is 376 g/mol. The summed E-state index contributed by atoms with van der Waals surface area (Å²) >= 11 is 3.42. The van der Waals surface area contributed by atoms with Gasteiger partial charge in [0.25, 0.3) is 5.91 Å². The van der Waals surface area contributed by atoms with Crippen molar-refractivity contribution in [1.82, 2.24) is 14.9 Å². The van der Waals surface area contributed by atoms with E-state index in [2.05, 4.69) is 14.9 Å². The molecule has 0 unspecified atom stereocenters. The zero-order valence-electron chi connectivity index (χ0n) is 15.4. The summed E-state index contributed by atoms with van der Waals surface area (Å²) in [4.78, 5) is 30.9. The first kappa shape index (κ1) is 17.1. The Hall–Kier alpha value is -1.99. The molecular formula is C20H22N4OS2. The molecule has 3 aromatic rings. The monoisotopic (exact) mass is 398 g/mol. The van der Waals surface area contributed by atoms with E-state index in [4.69, 9.17) is 0 Å². The van der Waals surface area contributed by atoms with Crippen LogP contribution in [0.5, 0.6) is 0 Å². The van der Waals surface area contributed by atoms with Crippen molar-refractivity contribution in [3.63, 3.8) is 0 Å². The van der Waals surface area contributed by atoms with Crippen LogP contribution in [0.15, 0.2) is 18.5 Å². The number of rotatable bonds is 2. The molecule has 0 atom stereocenters. The number of piperazine rings is 1. The van der Waals surface area contributed by atoms with Crippen molar-refractivity contribution in [2.24, 2.45) is 0 Å². The summed E-state index contributed by atoms with van der Waals surface area (Å²) in [5.74, 6) is 1.23. The number of thiophene rings is 2. The summed E-state index contributed by atoms with van der Waals surface area (Å²) in [6, 6.07) is 3.96. The summed E-state index contributed by atoms with van der Waals surface area (Å²) < 4.78 is 0. The zero-order valence-corrected chi connectivity index (χ0v) is 17.0. The number of carbonyl (C=O) groups excluding carboxylic acids is 1. The number of nitrogens with zero attached hydrogens (tertiary/aromatic N) is 4. The van der Waals surface area contributed by atoms with E-state index in [9.17, 15) is 4.79 Å². The van der Waals surface area contributed by atoms with Gasteiger partial charge in [0.15, 0.2) is 0 Å². The summed E-state index contributed by atoms with van der Waals surface area (Å²) in [6.45, 7) is 5.18. The smallest absolute Gasteiger partial charge is 0.264 e. The lowest BCUT2D eigenvalue weighted by Gasteiger charge is -2.35. The number of aryl methyl sites for hydroxylation is 3. The highest BCUT2D eigenvalue weighted by molar-refractivity contribution is 7.19. The van der Waals surface area contributed by atoms with Gasteiger partial charge in [0, 0.05) is 35.9 Å². The fraction of sp³-hybridized carbons (Fsp3) is 0.450. The average molecular weight is 399 g/mol. The Labute approximate surface area is 166 Å². The number of hydrogen-bond acceptors (Lipinski definition) is 6. The highest BCUT2D eigenvalue weighted by Gasteiger charge is 2.27. The molecule has 1 aliphatic heterocycles. The van der Waals surface area contributed by atoms with Crippen molar-refractivity contribution in [2.45, 2.75) is 32.6 Å². The van der Waals surface area contributed by atoms with Gasteiger partial charge in [0.2, 0.25) is 0 Å². The van der Waals surface area contributed by atoms with Gasteiger partial charge in [-0.15, -0.1) is 22.7 Å². The van der Waals surface area contributed by atoms with E-state index in [0.29, 0.717) is 0 Å². The molecule has 1 fully saturated rings. The number of aromatic nitrogens is 2. The first-order valence-corrected chi connectivity index (χ1v) is 11.2. The molecule has 7 heteroatoms. The van der Waals surface area contributed by atoms with Gasteiger partial charge in [-0.1, -0.05) is 0 Å². The van der Waals surface area contributed by atoms with E-state index in [-0.39, 0.29) is 5.91 Å². The standard InChI is InChI=1S/C20H22N4OS2/c1-13-6-7-16(26-13)20(25)24-10-8-23(9-11-24)18-17-14-4-2-3-5-15(14)27-19(17)22-12-21-18/h6-7,12H,2-5,8-11H2,1H3. The fourth-order valence-electron chi connectivity index (χ4n) is 4.14. The first-order valence-electron chi connectivity index (χ1n) is 9.56. The Morgan fingerprint density at radius 2 is 1.85 bits per heavy atom. The molecule has 0 bridgehead atoms. The second-order valence-electron chi connectivity index (χ2n) is 7.28. The molecule has 1 amide bonds. The van der Waals surface area contributed by atoms with Crippen LogP contribution in [0.3, 0.4) is 0 Å². The molecule has 1 saturated heterocycles. The third kappa shape index (κ3) is 3.02. The van der Waals surface area contributed by atoms with Gasteiger partial charge in [-0.25, -0.2) is 9.97 Å². The van der Waals surface area contributed by atoms with Gasteiger partial charge in [0.05, 0.1) is 10.3 Å². The highest BCUT2D eigenvalue weighted by Crippen LogP contribution is 2.39. The Kier molecular flexibility index (Phi) is 4.36. The highest BCUT2D eigenvalue weighted by atomic mass is 32.1. The third-order valence-electron chi connectivity index (χ3n) is 5.55. The van der Waals surface area contributed by atoms with E-state index in [0.717, 1.165) is 48.1 Å². The molecule has 4 heterocycles. The van der Waals surface area contributed by atoms with Crippen LogP contribution >= 0.6 is 22.7 Å². The number of carbonyl (C=O) groups is 1. The molecule has 0 spiro atoms. The lowest BCUT2D eigenvalue weighted by Crippen LogP contribution is -2.49. The molecule has 27 heavy (non-hydrogen) atoms. The lowest BCUT2D eigenvalue weighted by atomic mass is 9.97. The maximum absolute atomic E-state index is 12.7. The maximum Gasteiger partial charge on any atom is 0.264 e. The van der Waals surface area contributed by atoms with Crippen molar-refractivity contribution in [3.05, 3.63) is 38.7 Å². The number of anilines is 1. The lowest BCUT2D eigenvalue weighted by molar-refractivity contribution is 0.0751. The normalized spacial score (nSPS) is 17.4. The summed E-state index contributed by atoms with van der Waals surface area (Å²) in [6.07, 6.45) is 6.57. The van der Waals surface area contributed by atoms with Crippen LogP contribution in [-0.4, -0.2) is 47.0 Å². The van der Waals surface area contributed by atoms with Crippen molar-refractivity contribution >= 4 is 44.6 Å². The Bertz CT molecular complexity index is 1000. The molecule has 0 aromatic carbocycles. The van der Waals surface area contributed by atoms with Crippen LogP contribution in [0.25, 0.3) is 10.2 Å². The van der Waals surface area contributed by atoms with Crippen LogP contribution in [0, 0.1) is 6.92 Å². The predicted octanol–water partition coefficient (Wildman–Crippen LogP) is 3.90. The van der Waals surface area contributed by atoms with E-state index in [1.54, 1.807) is 17.7 Å². The van der Waals surface area contributed by atoms with Crippen LogP contribution in [0.1, 0.15) is 37.8 Å². The molecule has 5 rings (SSSR count). The van der Waals surface area contributed by atoms with Crippen LogP contribution in [0.2, 0.25) is 0 Å². The molecule has 2 aliphatic rings. The summed E-state index contributed by atoms with van der Waals surface area (Å²) in [5, 5.41) is 1.27. The van der Waals surface area contributed by atoms with Crippen molar-refractivity contribution in [1.29, 1.82) is 0 Å². The number of fused-ring (bicyclic) bond motifs is 3. The zero-order chi connectivity index (χ0) is 18.4. The van der Waals surface area contributed by atoms with Gasteiger partial charge >= 0.3 is 0 Å². The first-order chi connectivity index (χ1) is 13.2. The Morgan fingerprint density at radius 1 is 1.04 bits per heavy atom. The molecule has 0 N–H and O–H groups in total.